The summed E-state index contributed by atoms with van der Waals surface area (Å²) in [5.74, 6) is 1.13. The molecular formula is C12H19N3O2. The first-order chi connectivity index (χ1) is 8.10. The molecule has 1 heterocycles. The molecule has 0 radical (unpaired) electrons. The topological polar surface area (TPSA) is 60.6 Å². The molecule has 0 spiro atoms. The summed E-state index contributed by atoms with van der Waals surface area (Å²) in [4.78, 5) is 6.37. The van der Waals surface area contributed by atoms with Crippen LogP contribution in [0.25, 0.3) is 0 Å². The number of aromatic nitrogens is 1. The Balaban J connectivity index is 1.96. The molecule has 17 heavy (non-hydrogen) atoms. The number of ether oxygens (including phenoxy) is 2. The molecule has 0 bridgehead atoms. The fourth-order valence-electron chi connectivity index (χ4n) is 1.90. The van der Waals surface area contributed by atoms with Crippen molar-refractivity contribution in [1.29, 1.82) is 0 Å². The molecule has 94 valence electrons. The van der Waals surface area contributed by atoms with E-state index in [4.69, 9.17) is 15.2 Å². The predicted molar refractivity (Wildman–Crippen MR) is 66.3 cm³/mol. The molecule has 5 nitrogen and oxygen atoms in total. The van der Waals surface area contributed by atoms with Crippen LogP contribution in [0.5, 0.6) is 11.6 Å². The fraction of sp³-hybridized carbons (Fsp3) is 0.583. The Kier molecular flexibility index (Phi) is 3.38. The summed E-state index contributed by atoms with van der Waals surface area (Å²) in [6.45, 7) is 0. The van der Waals surface area contributed by atoms with Gasteiger partial charge in [-0.1, -0.05) is 0 Å². The molecule has 1 aliphatic rings. The van der Waals surface area contributed by atoms with Gasteiger partial charge in [0, 0.05) is 24.9 Å². The summed E-state index contributed by atoms with van der Waals surface area (Å²) in [6.07, 6.45) is 3.87. The van der Waals surface area contributed by atoms with Gasteiger partial charge in [0.05, 0.1) is 19.0 Å². The molecule has 2 rings (SSSR count). The monoisotopic (exact) mass is 237 g/mol. The van der Waals surface area contributed by atoms with E-state index in [9.17, 15) is 0 Å². The van der Waals surface area contributed by atoms with Crippen molar-refractivity contribution in [3.63, 3.8) is 0 Å². The average Bonchev–Trinajstić information content (AvgIpc) is 2.23. The molecule has 5 heteroatoms. The zero-order chi connectivity index (χ0) is 12.4. The second-order valence-corrected chi connectivity index (χ2v) is 4.60. The van der Waals surface area contributed by atoms with Crippen LogP contribution in [0.15, 0.2) is 12.3 Å². The van der Waals surface area contributed by atoms with Crippen LogP contribution in [0.4, 0.5) is 5.69 Å². The molecular weight excluding hydrogens is 218 g/mol. The molecule has 2 N–H and O–H groups in total. The summed E-state index contributed by atoms with van der Waals surface area (Å²) >= 11 is 0. The van der Waals surface area contributed by atoms with Crippen LogP contribution >= 0.6 is 0 Å². The number of methoxy groups -OCH3 is 1. The Hall–Kier alpha value is -1.49. The van der Waals surface area contributed by atoms with Crippen LogP contribution < -0.4 is 15.2 Å². The normalized spacial score (nSPS) is 23.3. The Bertz CT molecular complexity index is 389. The second-order valence-electron chi connectivity index (χ2n) is 4.60. The van der Waals surface area contributed by atoms with Crippen LogP contribution in [-0.2, 0) is 0 Å². The SMILES string of the molecule is COc1cc(N)cnc1OC1CC(N(C)C)C1. The number of rotatable bonds is 4. The molecule has 0 atom stereocenters. The van der Waals surface area contributed by atoms with E-state index in [1.807, 2.05) is 0 Å². The highest BCUT2D eigenvalue weighted by molar-refractivity contribution is 5.46. The van der Waals surface area contributed by atoms with Gasteiger partial charge in [-0.3, -0.25) is 0 Å². The Morgan fingerprint density at radius 1 is 1.41 bits per heavy atom. The first kappa shape index (κ1) is 12.0. The third kappa shape index (κ3) is 2.61. The van der Waals surface area contributed by atoms with E-state index in [2.05, 4.69) is 24.0 Å². The zero-order valence-corrected chi connectivity index (χ0v) is 10.5. The van der Waals surface area contributed by atoms with E-state index in [0.29, 0.717) is 23.4 Å². The maximum atomic E-state index is 5.79. The Morgan fingerprint density at radius 3 is 2.71 bits per heavy atom. The smallest absolute Gasteiger partial charge is 0.257 e. The van der Waals surface area contributed by atoms with Gasteiger partial charge >= 0.3 is 0 Å². The van der Waals surface area contributed by atoms with Crippen molar-refractivity contribution in [1.82, 2.24) is 9.88 Å². The minimum absolute atomic E-state index is 0.229. The van der Waals surface area contributed by atoms with Crippen molar-refractivity contribution in [2.45, 2.75) is 25.0 Å². The third-order valence-corrected chi connectivity index (χ3v) is 3.14. The number of hydrogen-bond donors (Lipinski definition) is 1. The molecule has 0 aromatic carbocycles. The first-order valence-electron chi connectivity index (χ1n) is 5.72. The van der Waals surface area contributed by atoms with E-state index in [-0.39, 0.29) is 6.10 Å². The summed E-state index contributed by atoms with van der Waals surface area (Å²) in [5, 5.41) is 0. The number of anilines is 1. The predicted octanol–water partition coefficient (Wildman–Crippen LogP) is 1.14. The molecule has 1 aromatic heterocycles. The number of nitrogens with two attached hydrogens (primary N) is 1. The standard InChI is InChI=1S/C12H19N3O2/c1-15(2)9-5-10(6-9)17-12-11(16-3)4-8(13)7-14-12/h4,7,9-10H,5-6,13H2,1-3H3. The van der Waals surface area contributed by atoms with Gasteiger partial charge in [0.15, 0.2) is 5.75 Å². The lowest BCUT2D eigenvalue weighted by Crippen LogP contribution is -2.46. The molecule has 0 unspecified atom stereocenters. The van der Waals surface area contributed by atoms with E-state index in [1.165, 1.54) is 0 Å². The quantitative estimate of drug-likeness (QED) is 0.851. The largest absolute Gasteiger partial charge is 0.491 e. The van der Waals surface area contributed by atoms with Crippen molar-refractivity contribution in [3.05, 3.63) is 12.3 Å². The number of hydrogen-bond acceptors (Lipinski definition) is 5. The summed E-state index contributed by atoms with van der Waals surface area (Å²) < 4.78 is 11.0. The molecule has 1 saturated carbocycles. The Labute approximate surface area is 102 Å². The first-order valence-corrected chi connectivity index (χ1v) is 5.72. The van der Waals surface area contributed by atoms with Crippen molar-refractivity contribution in [3.8, 4) is 11.6 Å². The van der Waals surface area contributed by atoms with Gasteiger partial charge in [0.2, 0.25) is 0 Å². The lowest BCUT2D eigenvalue weighted by molar-refractivity contribution is 0.0351. The van der Waals surface area contributed by atoms with Crippen LogP contribution in [0, 0.1) is 0 Å². The van der Waals surface area contributed by atoms with E-state index in [1.54, 1.807) is 19.4 Å². The van der Waals surface area contributed by atoms with E-state index in [0.717, 1.165) is 12.8 Å². The van der Waals surface area contributed by atoms with Gasteiger partial charge in [0.25, 0.3) is 5.88 Å². The molecule has 1 aromatic rings. The molecule has 0 saturated heterocycles. The molecule has 1 fully saturated rings. The van der Waals surface area contributed by atoms with Gasteiger partial charge in [-0.25, -0.2) is 4.98 Å². The van der Waals surface area contributed by atoms with Gasteiger partial charge < -0.3 is 20.1 Å². The minimum Gasteiger partial charge on any atom is -0.491 e. The zero-order valence-electron chi connectivity index (χ0n) is 10.5. The van der Waals surface area contributed by atoms with Gasteiger partial charge in [0.1, 0.15) is 6.10 Å². The number of nitrogens with zero attached hydrogens (tertiary/aromatic N) is 2. The maximum Gasteiger partial charge on any atom is 0.257 e. The number of pyridine rings is 1. The minimum atomic E-state index is 0.229. The molecule has 0 aliphatic heterocycles. The highest BCUT2D eigenvalue weighted by Gasteiger charge is 2.33. The lowest BCUT2D eigenvalue weighted by atomic mass is 9.88. The molecule has 1 aliphatic carbocycles. The van der Waals surface area contributed by atoms with E-state index < -0.39 is 0 Å². The third-order valence-electron chi connectivity index (χ3n) is 3.14. The van der Waals surface area contributed by atoms with Crippen LogP contribution in [0.1, 0.15) is 12.8 Å². The van der Waals surface area contributed by atoms with Crippen molar-refractivity contribution in [2.24, 2.45) is 0 Å². The van der Waals surface area contributed by atoms with Crippen molar-refractivity contribution in [2.75, 3.05) is 26.9 Å². The average molecular weight is 237 g/mol. The number of nitrogen functional groups attached to an aromatic ring is 1. The highest BCUT2D eigenvalue weighted by Crippen LogP contribution is 2.32. The van der Waals surface area contributed by atoms with Crippen molar-refractivity contribution >= 4 is 5.69 Å². The Morgan fingerprint density at radius 2 is 2.12 bits per heavy atom. The van der Waals surface area contributed by atoms with Crippen LogP contribution in [-0.4, -0.2) is 43.2 Å². The summed E-state index contributed by atoms with van der Waals surface area (Å²) in [5.41, 5.74) is 6.22. The van der Waals surface area contributed by atoms with Crippen LogP contribution in [0.3, 0.4) is 0 Å². The molecule has 0 amide bonds. The maximum absolute atomic E-state index is 5.79. The fourth-order valence-corrected chi connectivity index (χ4v) is 1.90. The van der Waals surface area contributed by atoms with Crippen molar-refractivity contribution < 1.29 is 9.47 Å². The van der Waals surface area contributed by atoms with Gasteiger partial charge in [-0.05, 0) is 14.1 Å². The summed E-state index contributed by atoms with van der Waals surface area (Å²) in [6, 6.07) is 2.34. The summed E-state index contributed by atoms with van der Waals surface area (Å²) in [7, 11) is 5.76. The highest BCUT2D eigenvalue weighted by atomic mass is 16.5. The lowest BCUT2D eigenvalue weighted by Gasteiger charge is -2.39. The van der Waals surface area contributed by atoms with Crippen LogP contribution in [0.2, 0.25) is 0 Å². The second kappa shape index (κ2) is 4.79. The van der Waals surface area contributed by atoms with Gasteiger partial charge in [-0.15, -0.1) is 0 Å². The van der Waals surface area contributed by atoms with Gasteiger partial charge in [-0.2, -0.15) is 0 Å². The van der Waals surface area contributed by atoms with E-state index >= 15 is 0 Å².